The lowest BCUT2D eigenvalue weighted by atomic mass is 10.00. The molecular formula is C51H59N13O2. The lowest BCUT2D eigenvalue weighted by Gasteiger charge is -2.34. The number of pyridine rings is 2. The van der Waals surface area contributed by atoms with Gasteiger partial charge in [0.2, 0.25) is 0 Å². The van der Waals surface area contributed by atoms with E-state index in [1.807, 2.05) is 37.4 Å². The molecule has 3 N–H and O–H groups in total. The van der Waals surface area contributed by atoms with Gasteiger partial charge in [-0.15, -0.1) is 0 Å². The quantitative estimate of drug-likeness (QED) is 0.118. The first kappa shape index (κ1) is 44.4. The fraction of sp³-hybridized carbons (Fsp3) is 0.373. The molecule has 2 aromatic carbocycles. The van der Waals surface area contributed by atoms with Gasteiger partial charge < -0.3 is 35.6 Å². The second-order valence-corrected chi connectivity index (χ2v) is 18.1. The number of nitrogens with one attached hydrogen (secondary N) is 3. The fourth-order valence-corrected chi connectivity index (χ4v) is 8.23. The highest BCUT2D eigenvalue weighted by atomic mass is 16.2. The highest BCUT2D eigenvalue weighted by molar-refractivity contribution is 6.04. The Morgan fingerprint density at radius 2 is 1.09 bits per heavy atom. The summed E-state index contributed by atoms with van der Waals surface area (Å²) < 4.78 is 0. The van der Waals surface area contributed by atoms with Gasteiger partial charge in [-0.05, 0) is 138 Å². The van der Waals surface area contributed by atoms with E-state index in [9.17, 15) is 9.59 Å². The number of likely N-dealkylation sites (N-methyl/N-ethyl adjacent to an activating group) is 2. The lowest BCUT2D eigenvalue weighted by molar-refractivity contribution is 0.101. The van der Waals surface area contributed by atoms with E-state index in [1.54, 1.807) is 13.8 Å². The minimum Gasteiger partial charge on any atom is -0.382 e. The van der Waals surface area contributed by atoms with E-state index >= 15 is 0 Å². The predicted molar refractivity (Wildman–Crippen MR) is 262 cm³/mol. The van der Waals surface area contributed by atoms with Crippen molar-refractivity contribution in [1.82, 2.24) is 39.7 Å². The maximum atomic E-state index is 12.5. The first-order chi connectivity index (χ1) is 32.0. The summed E-state index contributed by atoms with van der Waals surface area (Å²) in [6, 6.07) is 22.0. The molecule has 4 aromatic heterocycles. The van der Waals surface area contributed by atoms with Gasteiger partial charge in [0.05, 0.1) is 11.1 Å². The van der Waals surface area contributed by atoms with Gasteiger partial charge in [0.1, 0.15) is 23.3 Å². The molecule has 15 nitrogen and oxygen atoms in total. The molecular weight excluding hydrogens is 827 g/mol. The van der Waals surface area contributed by atoms with Crippen molar-refractivity contribution in [1.29, 1.82) is 0 Å². The number of rotatable bonds is 11. The highest BCUT2D eigenvalue weighted by Crippen LogP contribution is 2.43. The first-order valence-electron chi connectivity index (χ1n) is 23.1. The van der Waals surface area contributed by atoms with Gasteiger partial charge in [0.15, 0.2) is 0 Å². The van der Waals surface area contributed by atoms with Crippen LogP contribution in [0, 0.1) is 20.8 Å². The molecule has 4 fully saturated rings. The number of amides is 2. The predicted octanol–water partition coefficient (Wildman–Crippen LogP) is 7.46. The Morgan fingerprint density at radius 3 is 1.62 bits per heavy atom. The summed E-state index contributed by atoms with van der Waals surface area (Å²) in [5.41, 5.74) is 11.2. The highest BCUT2D eigenvalue weighted by Gasteiger charge is 2.26. The second kappa shape index (κ2) is 19.7. The number of hydrogen-bond donors (Lipinski definition) is 3. The molecule has 2 saturated heterocycles. The van der Waals surface area contributed by atoms with Gasteiger partial charge in [0, 0.05) is 123 Å². The number of aryl methyl sites for hydroxylation is 3. The number of hydrogen-bond acceptors (Lipinski definition) is 13. The molecule has 340 valence electrons. The molecule has 2 aliphatic heterocycles. The summed E-state index contributed by atoms with van der Waals surface area (Å²) in [5, 5.41) is 9.34. The Bertz CT molecular complexity index is 2650. The molecule has 2 saturated carbocycles. The zero-order valence-corrected chi connectivity index (χ0v) is 38.6. The summed E-state index contributed by atoms with van der Waals surface area (Å²) in [6.07, 6.45) is 12.9. The monoisotopic (exact) mass is 885 g/mol. The summed E-state index contributed by atoms with van der Waals surface area (Å²) in [7, 11) is 4.36. The smallest absolute Gasteiger partial charge is 0.259 e. The van der Waals surface area contributed by atoms with E-state index in [-0.39, 0.29) is 11.8 Å². The Labute approximate surface area is 387 Å². The lowest BCUT2D eigenvalue weighted by Crippen LogP contribution is -2.44. The zero-order valence-electron chi connectivity index (χ0n) is 38.6. The molecule has 0 bridgehead atoms. The van der Waals surface area contributed by atoms with Crippen molar-refractivity contribution in [2.75, 3.05) is 92.2 Å². The third-order valence-electron chi connectivity index (χ3n) is 12.7. The summed E-state index contributed by atoms with van der Waals surface area (Å²) in [4.78, 5) is 60.1. The van der Waals surface area contributed by atoms with E-state index in [0.29, 0.717) is 46.4 Å². The summed E-state index contributed by atoms with van der Waals surface area (Å²) in [5.74, 6) is 2.43. The number of piperazine rings is 2. The van der Waals surface area contributed by atoms with Crippen LogP contribution in [-0.4, -0.2) is 124 Å². The van der Waals surface area contributed by atoms with Crippen molar-refractivity contribution in [3.8, 4) is 22.3 Å². The maximum Gasteiger partial charge on any atom is 0.259 e. The van der Waals surface area contributed by atoms with Crippen LogP contribution in [0.2, 0.25) is 0 Å². The van der Waals surface area contributed by atoms with Crippen LogP contribution in [-0.2, 0) is 0 Å². The topological polar surface area (TPSA) is 161 Å². The summed E-state index contributed by atoms with van der Waals surface area (Å²) in [6.45, 7) is 14.0. The first-order valence-corrected chi connectivity index (χ1v) is 23.1. The molecule has 0 spiro atoms. The number of carbonyl (C=O) groups is 2. The number of anilines is 5. The molecule has 0 radical (unpaired) electrons. The third kappa shape index (κ3) is 11.3. The molecule has 15 heteroatoms. The molecule has 2 amide bonds. The number of carbonyl (C=O) groups excluding carboxylic acids is 2. The normalized spacial score (nSPS) is 16.6. The Morgan fingerprint density at radius 1 is 0.545 bits per heavy atom. The van der Waals surface area contributed by atoms with Gasteiger partial charge >= 0.3 is 0 Å². The maximum absolute atomic E-state index is 12.5. The molecule has 6 aromatic rings. The molecule has 10 rings (SSSR count). The molecule has 0 unspecified atom stereocenters. The average Bonchev–Trinajstić information content (AvgIpc) is 4.27. The SMILES string of the molecule is Cc1ncc(C(=O)Nc2ccc(-c3cc(C4CC4)cc(N4CCN(C)CC4)c3)cn2)cn1.Cc1ncc(C(=O)Nc2ccc(-c3cc(NC4CC4)cc(N4CCN(C)CC4)c3)c(C)n2)cn1. The van der Waals surface area contributed by atoms with Crippen LogP contribution in [0.3, 0.4) is 0 Å². The van der Waals surface area contributed by atoms with E-state index in [0.717, 1.165) is 80.4 Å². The minimum absolute atomic E-state index is 0.265. The third-order valence-corrected chi connectivity index (χ3v) is 12.7. The average molecular weight is 886 g/mol. The largest absolute Gasteiger partial charge is 0.382 e. The van der Waals surface area contributed by atoms with Crippen LogP contribution in [0.5, 0.6) is 0 Å². The number of benzene rings is 2. The molecule has 4 aliphatic rings. The van der Waals surface area contributed by atoms with Gasteiger partial charge in [-0.3, -0.25) is 9.59 Å². The number of aromatic nitrogens is 6. The zero-order chi connectivity index (χ0) is 45.7. The van der Waals surface area contributed by atoms with E-state index in [4.69, 9.17) is 0 Å². The van der Waals surface area contributed by atoms with Crippen LogP contribution < -0.4 is 25.8 Å². The molecule has 0 atom stereocenters. The van der Waals surface area contributed by atoms with Crippen molar-refractivity contribution >= 4 is 40.5 Å². The van der Waals surface area contributed by atoms with Crippen molar-refractivity contribution in [3.05, 3.63) is 126 Å². The van der Waals surface area contributed by atoms with Crippen LogP contribution in [0.15, 0.2) is 91.6 Å². The van der Waals surface area contributed by atoms with Crippen LogP contribution in [0.1, 0.15) is 75.2 Å². The van der Waals surface area contributed by atoms with Crippen LogP contribution >= 0.6 is 0 Å². The fourth-order valence-electron chi connectivity index (χ4n) is 8.23. The standard InChI is InChI=1S/C26H31N7O.C25H28N6O/c1-17-24(6-7-25(29-17)31-26(34)20-15-27-18(2)28-16-20)19-12-22(30-21-4-5-21)14-23(13-19)33-10-8-32(3)9-11-33;1-17-26-15-22(16-27-17)25(32)29-24-6-5-19(14-28-24)21-11-20(18-3-4-18)12-23(13-21)31-9-7-30(2)8-10-31/h6-7,12-16,21,30H,4-5,8-11H2,1-3H3,(H,29,31,34);5-6,11-16,18H,3-4,7-10H2,1-2H3,(H,28,29,32). The van der Waals surface area contributed by atoms with E-state index in [1.165, 1.54) is 73.0 Å². The van der Waals surface area contributed by atoms with Crippen molar-refractivity contribution in [2.45, 2.75) is 58.4 Å². The Balaban J connectivity index is 0.000000166. The van der Waals surface area contributed by atoms with Crippen molar-refractivity contribution in [3.63, 3.8) is 0 Å². The van der Waals surface area contributed by atoms with E-state index < -0.39 is 0 Å². The minimum atomic E-state index is -0.271. The Hall–Kier alpha value is -6.84. The van der Waals surface area contributed by atoms with E-state index in [2.05, 4.69) is 116 Å². The van der Waals surface area contributed by atoms with Crippen LogP contribution in [0.25, 0.3) is 22.3 Å². The molecule has 6 heterocycles. The molecule has 2 aliphatic carbocycles. The molecule has 66 heavy (non-hydrogen) atoms. The van der Waals surface area contributed by atoms with Gasteiger partial charge in [-0.25, -0.2) is 29.9 Å². The summed E-state index contributed by atoms with van der Waals surface area (Å²) >= 11 is 0. The van der Waals surface area contributed by atoms with Gasteiger partial charge in [-0.1, -0.05) is 6.07 Å². The second-order valence-electron chi connectivity index (χ2n) is 18.1. The Kier molecular flexibility index (Phi) is 13.3. The number of nitrogens with zero attached hydrogens (tertiary/aromatic N) is 10. The van der Waals surface area contributed by atoms with Crippen LogP contribution in [0.4, 0.5) is 28.7 Å². The van der Waals surface area contributed by atoms with Gasteiger partial charge in [-0.2, -0.15) is 0 Å². The van der Waals surface area contributed by atoms with Gasteiger partial charge in [0.25, 0.3) is 11.8 Å². The van der Waals surface area contributed by atoms with Crippen molar-refractivity contribution in [2.24, 2.45) is 0 Å². The van der Waals surface area contributed by atoms with Crippen molar-refractivity contribution < 1.29 is 9.59 Å².